The molecule has 2 aliphatic heterocycles. The number of ether oxygens (including phenoxy) is 1. The van der Waals surface area contributed by atoms with E-state index in [0.717, 1.165) is 37.4 Å². The zero-order valence-corrected chi connectivity index (χ0v) is 13.1. The van der Waals surface area contributed by atoms with Gasteiger partial charge in [-0.2, -0.15) is 16.9 Å². The van der Waals surface area contributed by atoms with Crippen molar-refractivity contribution in [2.75, 3.05) is 30.4 Å². The number of thioether (sulfide) groups is 1. The molecule has 0 saturated carbocycles. The van der Waals surface area contributed by atoms with Gasteiger partial charge in [0.05, 0.1) is 11.8 Å². The molecule has 2 fully saturated rings. The van der Waals surface area contributed by atoms with Crippen LogP contribution in [-0.2, 0) is 11.8 Å². The molecule has 0 radical (unpaired) electrons. The van der Waals surface area contributed by atoms with Gasteiger partial charge in [0.25, 0.3) is 5.91 Å². The third kappa shape index (κ3) is 3.18. The van der Waals surface area contributed by atoms with E-state index in [9.17, 15) is 4.79 Å². The highest BCUT2D eigenvalue weighted by Crippen LogP contribution is 2.26. The molecule has 116 valence electrons. The molecule has 3 rings (SSSR count). The number of hydrogen-bond acceptors (Lipinski definition) is 5. The topological polar surface area (TPSA) is 73.4 Å². The molecule has 2 saturated heterocycles. The van der Waals surface area contributed by atoms with Crippen molar-refractivity contribution in [1.29, 1.82) is 0 Å². The first-order valence-electron chi connectivity index (χ1n) is 7.44. The molecule has 6 nitrogen and oxygen atoms in total. The maximum atomic E-state index is 12.9. The van der Waals surface area contributed by atoms with Gasteiger partial charge in [-0.05, 0) is 25.0 Å². The molecule has 1 aromatic rings. The Labute approximate surface area is 129 Å². The normalized spacial score (nSPS) is 25.4. The number of rotatable bonds is 4. The Morgan fingerprint density at radius 2 is 2.48 bits per heavy atom. The van der Waals surface area contributed by atoms with Crippen LogP contribution in [0.5, 0.6) is 0 Å². The van der Waals surface area contributed by atoms with E-state index in [1.807, 2.05) is 16.7 Å². The van der Waals surface area contributed by atoms with Crippen LogP contribution in [0.2, 0.25) is 0 Å². The molecule has 3 heterocycles. The predicted octanol–water partition coefficient (Wildman–Crippen LogP) is 1.13. The summed E-state index contributed by atoms with van der Waals surface area (Å²) in [6, 6.07) is 0.271. The highest BCUT2D eigenvalue weighted by molar-refractivity contribution is 7.99. The van der Waals surface area contributed by atoms with Crippen LogP contribution in [0.1, 0.15) is 29.8 Å². The number of amides is 1. The molecule has 0 aromatic carbocycles. The Kier molecular flexibility index (Phi) is 4.40. The first-order valence-corrected chi connectivity index (χ1v) is 8.60. The Bertz CT molecular complexity index is 507. The first-order chi connectivity index (χ1) is 10.1. The molecule has 1 aromatic heterocycles. The molecule has 0 spiro atoms. The minimum atomic E-state index is -0.0592. The van der Waals surface area contributed by atoms with Crippen LogP contribution < -0.4 is 5.73 Å². The van der Waals surface area contributed by atoms with Gasteiger partial charge in [-0.15, -0.1) is 0 Å². The van der Waals surface area contributed by atoms with Crippen LogP contribution in [0, 0.1) is 0 Å². The number of carbonyl (C=O) groups is 1. The van der Waals surface area contributed by atoms with E-state index >= 15 is 0 Å². The average molecular weight is 310 g/mol. The van der Waals surface area contributed by atoms with Crippen molar-refractivity contribution < 1.29 is 9.53 Å². The van der Waals surface area contributed by atoms with Gasteiger partial charge in [-0.3, -0.25) is 9.48 Å². The number of aromatic nitrogens is 2. The summed E-state index contributed by atoms with van der Waals surface area (Å²) in [5.41, 5.74) is 6.74. The second-order valence-electron chi connectivity index (χ2n) is 5.72. The van der Waals surface area contributed by atoms with Crippen molar-refractivity contribution in [3.63, 3.8) is 0 Å². The number of nitrogens with two attached hydrogens (primary N) is 1. The van der Waals surface area contributed by atoms with Crippen LogP contribution in [0.25, 0.3) is 0 Å². The summed E-state index contributed by atoms with van der Waals surface area (Å²) >= 11 is 1.90. The lowest BCUT2D eigenvalue weighted by Crippen LogP contribution is -2.45. The molecule has 2 unspecified atom stereocenters. The van der Waals surface area contributed by atoms with Crippen molar-refractivity contribution in [1.82, 2.24) is 14.7 Å². The molecular weight excluding hydrogens is 288 g/mol. The van der Waals surface area contributed by atoms with E-state index in [1.54, 1.807) is 17.9 Å². The highest BCUT2D eigenvalue weighted by atomic mass is 32.2. The Balaban J connectivity index is 1.79. The minimum absolute atomic E-state index is 0.0592. The maximum absolute atomic E-state index is 12.9. The fourth-order valence-corrected chi connectivity index (χ4v) is 4.21. The smallest absolute Gasteiger partial charge is 0.276 e. The van der Waals surface area contributed by atoms with E-state index in [4.69, 9.17) is 10.5 Å². The molecular formula is C14H22N4O2S. The molecule has 0 aliphatic carbocycles. The fraction of sp³-hybridized carbons (Fsp3) is 0.714. The summed E-state index contributed by atoms with van der Waals surface area (Å²) in [5.74, 6) is 2.04. The summed E-state index contributed by atoms with van der Waals surface area (Å²) < 4.78 is 7.30. The van der Waals surface area contributed by atoms with Gasteiger partial charge < -0.3 is 15.4 Å². The molecule has 7 heteroatoms. The quantitative estimate of drug-likeness (QED) is 0.902. The second-order valence-corrected chi connectivity index (χ2v) is 6.87. The van der Waals surface area contributed by atoms with Crippen LogP contribution in [0.3, 0.4) is 0 Å². The zero-order chi connectivity index (χ0) is 14.8. The maximum Gasteiger partial charge on any atom is 0.276 e. The van der Waals surface area contributed by atoms with Gasteiger partial charge >= 0.3 is 0 Å². The molecule has 2 N–H and O–H groups in total. The lowest BCUT2D eigenvalue weighted by atomic mass is 10.1. The summed E-state index contributed by atoms with van der Waals surface area (Å²) in [6.07, 6.45) is 4.99. The standard InChI is InChI=1S/C14H22N4O2S/c1-17-8-12(15)13(16-17)14(19)18(10-4-6-21-9-10)7-11-3-2-5-20-11/h8,10-11H,2-7,9,15H2,1H3. The van der Waals surface area contributed by atoms with Gasteiger partial charge in [-0.1, -0.05) is 0 Å². The third-order valence-corrected chi connectivity index (χ3v) is 5.24. The van der Waals surface area contributed by atoms with Crippen molar-refractivity contribution >= 4 is 23.4 Å². The number of carbonyl (C=O) groups excluding carboxylic acids is 1. The third-order valence-electron chi connectivity index (χ3n) is 4.09. The van der Waals surface area contributed by atoms with E-state index < -0.39 is 0 Å². The fourth-order valence-electron chi connectivity index (χ4n) is 2.98. The van der Waals surface area contributed by atoms with Gasteiger partial charge in [-0.25, -0.2) is 0 Å². The van der Waals surface area contributed by atoms with Crippen LogP contribution in [0.4, 0.5) is 5.69 Å². The van der Waals surface area contributed by atoms with Gasteiger partial charge in [0, 0.05) is 38.2 Å². The summed E-state index contributed by atoms with van der Waals surface area (Å²) in [6.45, 7) is 1.46. The van der Waals surface area contributed by atoms with Crippen molar-refractivity contribution in [2.45, 2.75) is 31.4 Å². The number of nitrogens with zero attached hydrogens (tertiary/aromatic N) is 3. The zero-order valence-electron chi connectivity index (χ0n) is 12.3. The van der Waals surface area contributed by atoms with E-state index in [-0.39, 0.29) is 18.1 Å². The average Bonchev–Trinajstić information content (AvgIpc) is 3.16. The number of hydrogen-bond donors (Lipinski definition) is 1. The van der Waals surface area contributed by atoms with Crippen LogP contribution in [0.15, 0.2) is 6.20 Å². The van der Waals surface area contributed by atoms with E-state index in [2.05, 4.69) is 5.10 Å². The summed E-state index contributed by atoms with van der Waals surface area (Å²) in [5, 5.41) is 4.23. The lowest BCUT2D eigenvalue weighted by Gasteiger charge is -2.30. The predicted molar refractivity (Wildman–Crippen MR) is 83.4 cm³/mol. The lowest BCUT2D eigenvalue weighted by molar-refractivity contribution is 0.0437. The van der Waals surface area contributed by atoms with E-state index in [1.165, 1.54) is 0 Å². The molecule has 2 atom stereocenters. The monoisotopic (exact) mass is 310 g/mol. The van der Waals surface area contributed by atoms with Crippen molar-refractivity contribution in [3.05, 3.63) is 11.9 Å². The largest absolute Gasteiger partial charge is 0.396 e. The summed E-state index contributed by atoms with van der Waals surface area (Å²) in [4.78, 5) is 14.8. The van der Waals surface area contributed by atoms with Crippen molar-refractivity contribution in [3.8, 4) is 0 Å². The Hall–Kier alpha value is -1.21. The first kappa shape index (κ1) is 14.7. The van der Waals surface area contributed by atoms with Gasteiger partial charge in [0.1, 0.15) is 0 Å². The van der Waals surface area contributed by atoms with Gasteiger partial charge in [0.2, 0.25) is 0 Å². The van der Waals surface area contributed by atoms with Gasteiger partial charge in [0.15, 0.2) is 5.69 Å². The number of anilines is 1. The van der Waals surface area contributed by atoms with Crippen LogP contribution in [-0.4, -0.2) is 57.4 Å². The molecule has 0 bridgehead atoms. The molecule has 1 amide bonds. The Morgan fingerprint density at radius 1 is 1.62 bits per heavy atom. The SMILES string of the molecule is Cn1cc(N)c(C(=O)N(CC2CCCO2)C2CCSC2)n1. The van der Waals surface area contributed by atoms with Crippen molar-refractivity contribution in [2.24, 2.45) is 7.05 Å². The molecule has 2 aliphatic rings. The van der Waals surface area contributed by atoms with E-state index in [0.29, 0.717) is 17.9 Å². The second kappa shape index (κ2) is 6.27. The number of aryl methyl sites for hydroxylation is 1. The Morgan fingerprint density at radius 3 is 3.05 bits per heavy atom. The highest BCUT2D eigenvalue weighted by Gasteiger charge is 2.33. The minimum Gasteiger partial charge on any atom is -0.396 e. The molecule has 21 heavy (non-hydrogen) atoms. The number of nitrogen functional groups attached to an aromatic ring is 1. The summed E-state index contributed by atoms with van der Waals surface area (Å²) in [7, 11) is 1.78. The van der Waals surface area contributed by atoms with Crippen LogP contribution >= 0.6 is 11.8 Å².